The number of alkyl halides is 3. The zero-order valence-corrected chi connectivity index (χ0v) is 14.7. The summed E-state index contributed by atoms with van der Waals surface area (Å²) in [6.07, 6.45) is -4.98. The molecule has 0 unspecified atom stereocenters. The summed E-state index contributed by atoms with van der Waals surface area (Å²) in [6.45, 7) is 4.06. The van der Waals surface area contributed by atoms with Crippen LogP contribution in [0.5, 0.6) is 0 Å². The number of ether oxygens (including phenoxy) is 1. The first kappa shape index (κ1) is 19.1. The van der Waals surface area contributed by atoms with Crippen molar-refractivity contribution in [1.82, 2.24) is 4.98 Å². The van der Waals surface area contributed by atoms with E-state index in [0.717, 1.165) is 12.1 Å². The lowest BCUT2D eigenvalue weighted by atomic mass is 10.0. The number of aryl methyl sites for hydroxylation is 1. The van der Waals surface area contributed by atoms with Gasteiger partial charge in [-0.3, -0.25) is 10.1 Å². The molecule has 3 rings (SSSR count). The summed E-state index contributed by atoms with van der Waals surface area (Å²) in [6, 6.07) is 7.94. The van der Waals surface area contributed by atoms with Gasteiger partial charge in [0.15, 0.2) is 0 Å². The third kappa shape index (κ3) is 4.02. The molecule has 0 saturated carbocycles. The first-order valence-corrected chi connectivity index (χ1v) is 8.34. The highest BCUT2D eigenvalue weighted by Gasteiger charge is 2.33. The van der Waals surface area contributed by atoms with E-state index in [0.29, 0.717) is 24.5 Å². The van der Waals surface area contributed by atoms with Crippen molar-refractivity contribution < 1.29 is 22.8 Å². The minimum atomic E-state index is -4.42. The van der Waals surface area contributed by atoms with Gasteiger partial charge in [-0.05, 0) is 37.6 Å². The second-order valence-electron chi connectivity index (χ2n) is 6.48. The Balaban J connectivity index is 1.87. The lowest BCUT2D eigenvalue weighted by Crippen LogP contribution is -2.45. The molecule has 2 aromatic rings. The summed E-state index contributed by atoms with van der Waals surface area (Å²) in [4.78, 5) is 16.7. The van der Waals surface area contributed by atoms with Crippen LogP contribution >= 0.6 is 0 Å². The Hall–Kier alpha value is -2.68. The average molecular weight is 381 g/mol. The number of hydrogen-bond donors (Lipinski definition) is 0. The number of anilines is 1. The number of benzene rings is 1. The first-order chi connectivity index (χ1) is 12.7. The molecule has 0 aliphatic carbocycles. The van der Waals surface area contributed by atoms with Gasteiger partial charge < -0.3 is 9.64 Å². The van der Waals surface area contributed by atoms with Gasteiger partial charge in [0.1, 0.15) is 17.6 Å². The smallest absolute Gasteiger partial charge is 0.370 e. The molecule has 1 aromatic carbocycles. The van der Waals surface area contributed by atoms with Crippen LogP contribution in [0.3, 0.4) is 0 Å². The average Bonchev–Trinajstić information content (AvgIpc) is 2.61. The molecule has 0 amide bonds. The van der Waals surface area contributed by atoms with Crippen molar-refractivity contribution in [2.24, 2.45) is 0 Å². The maximum absolute atomic E-state index is 13.0. The summed E-state index contributed by atoms with van der Waals surface area (Å²) in [5.41, 5.74) is -0.0839. The van der Waals surface area contributed by atoms with Crippen LogP contribution in [0.1, 0.15) is 29.8 Å². The van der Waals surface area contributed by atoms with E-state index in [1.165, 1.54) is 12.1 Å². The van der Waals surface area contributed by atoms with Gasteiger partial charge in [-0.2, -0.15) is 13.2 Å². The molecule has 1 aliphatic rings. The minimum Gasteiger partial charge on any atom is -0.370 e. The zero-order valence-electron chi connectivity index (χ0n) is 14.7. The number of rotatable bonds is 3. The van der Waals surface area contributed by atoms with Gasteiger partial charge >= 0.3 is 6.18 Å². The molecular weight excluding hydrogens is 363 g/mol. The van der Waals surface area contributed by atoms with E-state index in [1.54, 1.807) is 19.1 Å². The van der Waals surface area contributed by atoms with Gasteiger partial charge in [0, 0.05) is 6.07 Å². The monoisotopic (exact) mass is 381 g/mol. The molecule has 2 heterocycles. The van der Waals surface area contributed by atoms with Crippen molar-refractivity contribution in [3.05, 3.63) is 63.3 Å². The summed E-state index contributed by atoms with van der Waals surface area (Å²) < 4.78 is 44.7. The molecule has 144 valence electrons. The van der Waals surface area contributed by atoms with Crippen molar-refractivity contribution in [2.75, 3.05) is 18.1 Å². The van der Waals surface area contributed by atoms with E-state index in [4.69, 9.17) is 4.74 Å². The van der Waals surface area contributed by atoms with E-state index < -0.39 is 22.8 Å². The third-order valence-corrected chi connectivity index (χ3v) is 4.55. The Labute approximate surface area is 153 Å². The Kier molecular flexibility index (Phi) is 5.05. The predicted octanol–water partition coefficient (Wildman–Crippen LogP) is 4.28. The van der Waals surface area contributed by atoms with Crippen LogP contribution < -0.4 is 4.90 Å². The molecular formula is C18H18F3N3O3. The van der Waals surface area contributed by atoms with Gasteiger partial charge in [0.2, 0.25) is 0 Å². The van der Waals surface area contributed by atoms with Crippen molar-refractivity contribution in [3.63, 3.8) is 0 Å². The lowest BCUT2D eigenvalue weighted by Gasteiger charge is -2.39. The third-order valence-electron chi connectivity index (χ3n) is 4.55. The number of nitro groups is 1. The molecule has 6 nitrogen and oxygen atoms in total. The Bertz CT molecular complexity index is 857. The Morgan fingerprint density at radius 3 is 2.67 bits per heavy atom. The predicted molar refractivity (Wildman–Crippen MR) is 92.6 cm³/mol. The molecule has 0 N–H and O–H groups in total. The van der Waals surface area contributed by atoms with Gasteiger partial charge in [-0.15, -0.1) is 0 Å². The maximum atomic E-state index is 13.0. The largest absolute Gasteiger partial charge is 0.416 e. The molecule has 0 bridgehead atoms. The van der Waals surface area contributed by atoms with Crippen LogP contribution in [0.4, 0.5) is 24.7 Å². The van der Waals surface area contributed by atoms with E-state index in [2.05, 4.69) is 4.98 Å². The molecule has 1 fully saturated rings. The minimum absolute atomic E-state index is 0.0691. The van der Waals surface area contributed by atoms with Crippen molar-refractivity contribution >= 4 is 11.5 Å². The van der Waals surface area contributed by atoms with Crippen molar-refractivity contribution in [1.29, 1.82) is 0 Å². The maximum Gasteiger partial charge on any atom is 0.416 e. The van der Waals surface area contributed by atoms with Gasteiger partial charge in [0.05, 0.1) is 29.7 Å². The van der Waals surface area contributed by atoms with Crippen LogP contribution in [0.25, 0.3) is 0 Å². The van der Waals surface area contributed by atoms with Gasteiger partial charge in [0.25, 0.3) is 5.69 Å². The number of pyridine rings is 1. The Morgan fingerprint density at radius 2 is 2.04 bits per heavy atom. The topological polar surface area (TPSA) is 68.5 Å². The van der Waals surface area contributed by atoms with Crippen LogP contribution in [-0.2, 0) is 10.9 Å². The van der Waals surface area contributed by atoms with Crippen molar-refractivity contribution in [3.8, 4) is 0 Å². The number of halogens is 3. The van der Waals surface area contributed by atoms with Gasteiger partial charge in [-0.25, -0.2) is 4.98 Å². The molecule has 0 spiro atoms. The standard InChI is InChI=1S/C18H18F3N3O3/c1-11-10-27-16(13-4-3-5-14(8-13)18(19,20)21)9-23(11)17-7-6-15(24(25)26)12(2)22-17/h3-8,11,16H,9-10H2,1-2H3/t11-,16-/m1/s1. The fourth-order valence-corrected chi connectivity index (χ4v) is 3.09. The second kappa shape index (κ2) is 7.15. The summed E-state index contributed by atoms with van der Waals surface area (Å²) in [7, 11) is 0. The number of hydrogen-bond acceptors (Lipinski definition) is 5. The van der Waals surface area contributed by atoms with E-state index in [1.807, 2.05) is 11.8 Å². The molecule has 1 aromatic heterocycles. The van der Waals surface area contributed by atoms with Crippen LogP contribution in [0.2, 0.25) is 0 Å². The Morgan fingerprint density at radius 1 is 1.30 bits per heavy atom. The normalized spacial score (nSPS) is 20.6. The molecule has 27 heavy (non-hydrogen) atoms. The SMILES string of the molecule is Cc1nc(N2C[C@H](c3cccc(C(F)(F)F)c3)OC[C@H]2C)ccc1[N+](=O)[O-]. The summed E-state index contributed by atoms with van der Waals surface area (Å²) in [5.74, 6) is 0.533. The van der Waals surface area contributed by atoms with Crippen LogP contribution in [0, 0.1) is 17.0 Å². The fraction of sp³-hybridized carbons (Fsp3) is 0.389. The van der Waals surface area contributed by atoms with E-state index in [-0.39, 0.29) is 17.4 Å². The highest BCUT2D eigenvalue weighted by molar-refractivity contribution is 5.48. The lowest BCUT2D eigenvalue weighted by molar-refractivity contribution is -0.385. The number of aromatic nitrogens is 1. The molecule has 1 aliphatic heterocycles. The zero-order chi connectivity index (χ0) is 19.8. The molecule has 9 heteroatoms. The molecule has 1 saturated heterocycles. The van der Waals surface area contributed by atoms with E-state index >= 15 is 0 Å². The molecule has 2 atom stereocenters. The number of nitrogens with zero attached hydrogens (tertiary/aromatic N) is 3. The van der Waals surface area contributed by atoms with Gasteiger partial charge in [-0.1, -0.05) is 12.1 Å². The quantitative estimate of drug-likeness (QED) is 0.586. The highest BCUT2D eigenvalue weighted by Crippen LogP contribution is 2.34. The van der Waals surface area contributed by atoms with Crippen molar-refractivity contribution in [2.45, 2.75) is 32.2 Å². The second-order valence-corrected chi connectivity index (χ2v) is 6.48. The van der Waals surface area contributed by atoms with Crippen LogP contribution in [-0.4, -0.2) is 29.1 Å². The highest BCUT2D eigenvalue weighted by atomic mass is 19.4. The van der Waals surface area contributed by atoms with E-state index in [9.17, 15) is 23.3 Å². The number of morpholine rings is 1. The first-order valence-electron chi connectivity index (χ1n) is 8.34. The van der Waals surface area contributed by atoms with Crippen LogP contribution in [0.15, 0.2) is 36.4 Å². The summed E-state index contributed by atoms with van der Waals surface area (Å²) in [5, 5.41) is 11.0. The summed E-state index contributed by atoms with van der Waals surface area (Å²) >= 11 is 0. The fourth-order valence-electron chi connectivity index (χ4n) is 3.09. The molecule has 0 radical (unpaired) electrons.